The topological polar surface area (TPSA) is 171 Å². The molecule has 0 radical (unpaired) electrons. The van der Waals surface area contributed by atoms with Gasteiger partial charge in [0.15, 0.2) is 0 Å². The first-order valence-corrected chi connectivity index (χ1v) is 12.3. The fourth-order valence-electron chi connectivity index (χ4n) is 3.31. The van der Waals surface area contributed by atoms with Crippen molar-refractivity contribution in [3.05, 3.63) is 60.7 Å². The number of unbranched alkanes of at least 4 members (excludes halogenated alkanes) is 2. The Morgan fingerprint density at radius 2 is 0.977 bits per heavy atom. The number of ether oxygens (including phenoxy) is 2. The fraction of sp³-hybridized carbons (Fsp3) is 0.259. The van der Waals surface area contributed by atoms with Crippen LogP contribution in [0.1, 0.15) is 19.3 Å². The van der Waals surface area contributed by atoms with Gasteiger partial charge >= 0.3 is 24.3 Å². The predicted octanol–water partition coefficient (Wildman–Crippen LogP) is 5.84. The first-order valence-electron chi connectivity index (χ1n) is 12.3. The number of nitrogens with zero attached hydrogens (tertiary/aromatic N) is 2. The van der Waals surface area contributed by atoms with Crippen molar-refractivity contribution in [3.63, 3.8) is 0 Å². The quantitative estimate of drug-likeness (QED) is 0.139. The van der Waals surface area contributed by atoms with Gasteiger partial charge in [-0.1, -0.05) is 24.3 Å². The molecule has 0 unspecified atom stereocenters. The van der Waals surface area contributed by atoms with Crippen LogP contribution in [0, 0.1) is 0 Å². The van der Waals surface area contributed by atoms with Gasteiger partial charge in [-0.05, 0) is 43.5 Å². The Labute approximate surface area is 239 Å². The van der Waals surface area contributed by atoms with Gasteiger partial charge in [0.25, 0.3) is 0 Å². The zero-order valence-electron chi connectivity index (χ0n) is 22.2. The predicted molar refractivity (Wildman–Crippen MR) is 145 cm³/mol. The monoisotopic (exact) mass is 616 g/mol. The number of hydrogen-bond donors (Lipinski definition) is 4. The number of carboxylic acid groups (broad SMARTS) is 2. The van der Waals surface area contributed by atoms with Crippen molar-refractivity contribution in [3.8, 4) is 11.5 Å². The van der Waals surface area contributed by atoms with Crippen LogP contribution in [-0.4, -0.2) is 57.7 Å². The van der Waals surface area contributed by atoms with Crippen molar-refractivity contribution < 1.29 is 55.6 Å². The summed E-state index contributed by atoms with van der Waals surface area (Å²) in [6, 6.07) is 19.3. The van der Waals surface area contributed by atoms with Gasteiger partial charge in [-0.15, -0.1) is 0 Å². The molecule has 0 aliphatic heterocycles. The van der Waals surface area contributed by atoms with E-state index in [-0.39, 0.29) is 0 Å². The number of benzene rings is 2. The molecule has 2 heterocycles. The SMILES string of the molecule is Nc1cc(OCCCCCOc2cc(N)nc3ccccc23)c2ccccc2n1.O=C(O)C(F)(F)F.O=C(O)C(F)(F)F. The number of alkyl halides is 6. The van der Waals surface area contributed by atoms with Crippen LogP contribution in [0.15, 0.2) is 60.7 Å². The second-order valence-electron chi connectivity index (χ2n) is 8.49. The van der Waals surface area contributed by atoms with E-state index in [1.807, 2.05) is 48.5 Å². The molecule has 43 heavy (non-hydrogen) atoms. The highest BCUT2D eigenvalue weighted by atomic mass is 19.4. The van der Waals surface area contributed by atoms with Crippen molar-refractivity contribution in [1.82, 2.24) is 9.97 Å². The Hall–Kier alpha value is -5.02. The number of nitrogen functional groups attached to an aromatic ring is 2. The smallest absolute Gasteiger partial charge is 0.490 e. The number of para-hydroxylation sites is 2. The zero-order valence-corrected chi connectivity index (χ0v) is 22.2. The molecule has 0 saturated heterocycles. The number of anilines is 2. The zero-order chi connectivity index (χ0) is 32.2. The Kier molecular flexibility index (Phi) is 12.1. The maximum atomic E-state index is 10.6. The molecule has 16 heteroatoms. The number of fused-ring (bicyclic) bond motifs is 2. The van der Waals surface area contributed by atoms with E-state index in [9.17, 15) is 26.3 Å². The lowest BCUT2D eigenvalue weighted by molar-refractivity contribution is -0.193. The summed E-state index contributed by atoms with van der Waals surface area (Å²) in [5.41, 5.74) is 13.5. The van der Waals surface area contributed by atoms with Crippen LogP contribution < -0.4 is 20.9 Å². The van der Waals surface area contributed by atoms with Crippen molar-refractivity contribution in [2.24, 2.45) is 0 Å². The third kappa shape index (κ3) is 11.4. The maximum Gasteiger partial charge on any atom is 0.490 e. The molecule has 0 spiro atoms. The second-order valence-corrected chi connectivity index (χ2v) is 8.49. The Morgan fingerprint density at radius 3 is 1.30 bits per heavy atom. The van der Waals surface area contributed by atoms with E-state index < -0.39 is 24.3 Å². The van der Waals surface area contributed by atoms with Gasteiger partial charge in [0, 0.05) is 22.9 Å². The normalized spacial score (nSPS) is 11.1. The first kappa shape index (κ1) is 34.2. The van der Waals surface area contributed by atoms with Gasteiger partial charge in [0.1, 0.15) is 23.1 Å². The van der Waals surface area contributed by atoms with Crippen LogP contribution in [0.5, 0.6) is 11.5 Å². The van der Waals surface area contributed by atoms with E-state index in [0.717, 1.165) is 52.6 Å². The molecule has 0 amide bonds. The molecule has 2 aromatic heterocycles. The molecule has 0 aliphatic rings. The molecule has 2 aromatic carbocycles. The summed E-state index contributed by atoms with van der Waals surface area (Å²) in [5, 5.41) is 16.2. The molecule has 232 valence electrons. The molecule has 10 nitrogen and oxygen atoms in total. The summed E-state index contributed by atoms with van der Waals surface area (Å²) >= 11 is 0. The van der Waals surface area contributed by atoms with Gasteiger partial charge < -0.3 is 31.2 Å². The van der Waals surface area contributed by atoms with E-state index in [1.54, 1.807) is 12.1 Å². The Bertz CT molecular complexity index is 1420. The van der Waals surface area contributed by atoms with E-state index in [0.29, 0.717) is 24.8 Å². The summed E-state index contributed by atoms with van der Waals surface area (Å²) in [7, 11) is 0. The number of pyridine rings is 2. The van der Waals surface area contributed by atoms with Crippen LogP contribution in [0.25, 0.3) is 21.8 Å². The third-order valence-corrected chi connectivity index (χ3v) is 5.18. The van der Waals surface area contributed by atoms with E-state index >= 15 is 0 Å². The number of halogens is 6. The average Bonchev–Trinajstić information content (AvgIpc) is 2.91. The van der Waals surface area contributed by atoms with E-state index in [1.165, 1.54) is 0 Å². The first-order chi connectivity index (χ1) is 20.1. The number of carboxylic acids is 2. The summed E-state index contributed by atoms with van der Waals surface area (Å²) < 4.78 is 75.4. The molecular formula is C27H26F6N4O6. The highest BCUT2D eigenvalue weighted by Crippen LogP contribution is 2.28. The number of nitrogens with two attached hydrogens (primary N) is 2. The molecule has 0 bridgehead atoms. The van der Waals surface area contributed by atoms with Crippen LogP contribution in [0.3, 0.4) is 0 Å². The molecule has 4 aromatic rings. The number of carbonyl (C=O) groups is 2. The number of aromatic nitrogens is 2. The summed E-state index contributed by atoms with van der Waals surface area (Å²) in [4.78, 5) is 26.5. The van der Waals surface area contributed by atoms with Gasteiger partial charge in [-0.3, -0.25) is 0 Å². The molecule has 6 N–H and O–H groups in total. The van der Waals surface area contributed by atoms with Gasteiger partial charge in [0.05, 0.1) is 24.2 Å². The molecule has 4 rings (SSSR count). The average molecular weight is 617 g/mol. The van der Waals surface area contributed by atoms with Crippen molar-refractivity contribution in [1.29, 1.82) is 0 Å². The van der Waals surface area contributed by atoms with Crippen LogP contribution in [-0.2, 0) is 9.59 Å². The Balaban J connectivity index is 0.000000384. The van der Waals surface area contributed by atoms with Crippen LogP contribution in [0.2, 0.25) is 0 Å². The lowest BCUT2D eigenvalue weighted by Gasteiger charge is -2.11. The largest absolute Gasteiger partial charge is 0.493 e. The molecule has 0 saturated carbocycles. The number of aliphatic carboxylic acids is 2. The molecule has 0 atom stereocenters. The minimum absolute atomic E-state index is 0.468. The molecule has 0 fully saturated rings. The molecular weight excluding hydrogens is 590 g/mol. The standard InChI is InChI=1S/C23H24N4O2.2C2HF3O2/c24-22-14-20(16-8-2-4-10-18(16)26-22)28-12-6-1-7-13-29-21-15-23(25)27-19-11-5-3-9-17(19)21;2*3-2(4,5)1(6)7/h2-5,8-11,14-15H,1,6-7,12-13H2,(H2,24,26)(H2,25,27);2*(H,6,7). The van der Waals surface area contributed by atoms with Crippen molar-refractivity contribution >= 4 is 45.4 Å². The summed E-state index contributed by atoms with van der Waals surface area (Å²) in [6.45, 7) is 1.25. The highest BCUT2D eigenvalue weighted by molar-refractivity contribution is 5.87. The minimum Gasteiger partial charge on any atom is -0.493 e. The summed E-state index contributed by atoms with van der Waals surface area (Å²) in [5.74, 6) is -3.02. The van der Waals surface area contributed by atoms with Gasteiger partial charge in [-0.2, -0.15) is 26.3 Å². The number of hydrogen-bond acceptors (Lipinski definition) is 8. The van der Waals surface area contributed by atoms with Gasteiger partial charge in [-0.25, -0.2) is 19.6 Å². The van der Waals surface area contributed by atoms with E-state index in [4.69, 9.17) is 40.7 Å². The van der Waals surface area contributed by atoms with E-state index in [2.05, 4.69) is 9.97 Å². The third-order valence-electron chi connectivity index (χ3n) is 5.18. The highest BCUT2D eigenvalue weighted by Gasteiger charge is 2.38. The van der Waals surface area contributed by atoms with Crippen LogP contribution >= 0.6 is 0 Å². The lowest BCUT2D eigenvalue weighted by Crippen LogP contribution is -2.21. The fourth-order valence-corrected chi connectivity index (χ4v) is 3.31. The van der Waals surface area contributed by atoms with Gasteiger partial charge in [0.2, 0.25) is 0 Å². The number of rotatable bonds is 8. The second kappa shape index (κ2) is 15.3. The van der Waals surface area contributed by atoms with Crippen LogP contribution in [0.4, 0.5) is 38.0 Å². The van der Waals surface area contributed by atoms with Crippen molar-refractivity contribution in [2.75, 3.05) is 24.7 Å². The Morgan fingerprint density at radius 1 is 0.651 bits per heavy atom. The molecule has 0 aliphatic carbocycles. The van der Waals surface area contributed by atoms with Crippen molar-refractivity contribution in [2.45, 2.75) is 31.6 Å². The minimum atomic E-state index is -5.08. The summed E-state index contributed by atoms with van der Waals surface area (Å²) in [6.07, 6.45) is -7.31. The lowest BCUT2D eigenvalue weighted by atomic mass is 10.2. The maximum absolute atomic E-state index is 10.6.